The Morgan fingerprint density at radius 1 is 1.37 bits per heavy atom. The van der Waals surface area contributed by atoms with Gasteiger partial charge in [0.05, 0.1) is 4.88 Å². The molecule has 0 fully saturated rings. The van der Waals surface area contributed by atoms with Crippen molar-refractivity contribution in [3.63, 3.8) is 0 Å². The van der Waals surface area contributed by atoms with Gasteiger partial charge in [-0.3, -0.25) is 0 Å². The van der Waals surface area contributed by atoms with E-state index in [9.17, 15) is 13.2 Å². The maximum absolute atomic E-state index is 12.9. The summed E-state index contributed by atoms with van der Waals surface area (Å²) < 4.78 is 38.6. The summed E-state index contributed by atoms with van der Waals surface area (Å²) >= 11 is 2.75. The average Bonchev–Trinajstić information content (AvgIpc) is 2.69. The lowest BCUT2D eigenvalue weighted by Crippen LogP contribution is -2.20. The van der Waals surface area contributed by atoms with Crippen molar-refractivity contribution in [2.75, 3.05) is 12.3 Å². The highest BCUT2D eigenvalue weighted by molar-refractivity contribution is 7.98. The van der Waals surface area contributed by atoms with E-state index in [1.165, 1.54) is 0 Å². The van der Waals surface area contributed by atoms with E-state index >= 15 is 0 Å². The van der Waals surface area contributed by atoms with Crippen LogP contribution in [0.15, 0.2) is 0 Å². The third kappa shape index (κ3) is 5.71. The van der Waals surface area contributed by atoms with E-state index in [-0.39, 0.29) is 6.54 Å². The minimum atomic E-state index is -4.36. The summed E-state index contributed by atoms with van der Waals surface area (Å²) in [6.07, 6.45) is -4.36. The van der Waals surface area contributed by atoms with Gasteiger partial charge in [-0.15, -0.1) is 11.3 Å². The van der Waals surface area contributed by atoms with Crippen molar-refractivity contribution in [3.05, 3.63) is 15.6 Å². The number of nitrogens with one attached hydrogen (secondary N) is 1. The molecule has 0 aliphatic carbocycles. The van der Waals surface area contributed by atoms with Crippen molar-refractivity contribution < 1.29 is 13.2 Å². The van der Waals surface area contributed by atoms with Gasteiger partial charge in [-0.2, -0.15) is 24.9 Å². The predicted octanol–water partition coefficient (Wildman–Crippen LogP) is 4.16. The minimum absolute atomic E-state index is 0.238. The molecule has 0 amide bonds. The molecule has 1 N–H and O–H groups in total. The predicted molar refractivity (Wildman–Crippen MR) is 75.5 cm³/mol. The van der Waals surface area contributed by atoms with Crippen LogP contribution in [0, 0.1) is 5.92 Å². The second-order valence-corrected chi connectivity index (χ2v) is 6.98. The largest absolute Gasteiger partial charge is 0.434 e. The first-order chi connectivity index (χ1) is 8.84. The van der Waals surface area contributed by atoms with E-state index in [0.717, 1.165) is 17.1 Å². The maximum atomic E-state index is 12.9. The molecule has 0 atom stereocenters. The molecule has 1 heterocycles. The van der Waals surface area contributed by atoms with Gasteiger partial charge < -0.3 is 5.32 Å². The van der Waals surface area contributed by atoms with E-state index in [2.05, 4.69) is 10.3 Å². The van der Waals surface area contributed by atoms with Gasteiger partial charge in [0, 0.05) is 12.3 Å². The van der Waals surface area contributed by atoms with Crippen molar-refractivity contribution in [1.82, 2.24) is 10.3 Å². The van der Waals surface area contributed by atoms with Crippen LogP contribution in [0.25, 0.3) is 0 Å². The summed E-state index contributed by atoms with van der Waals surface area (Å²) in [5.74, 6) is 1.84. The second kappa shape index (κ2) is 7.50. The van der Waals surface area contributed by atoms with Gasteiger partial charge >= 0.3 is 6.18 Å². The molecule has 0 radical (unpaired) electrons. The number of hydrogen-bond acceptors (Lipinski definition) is 4. The van der Waals surface area contributed by atoms with Crippen LogP contribution < -0.4 is 5.32 Å². The van der Waals surface area contributed by atoms with Gasteiger partial charge in [0.1, 0.15) is 5.01 Å². The highest BCUT2D eigenvalue weighted by Gasteiger charge is 2.37. The van der Waals surface area contributed by atoms with Gasteiger partial charge in [0.25, 0.3) is 0 Å². The number of thiazole rings is 1. The number of thioether (sulfide) groups is 1. The smallest absolute Gasteiger partial charge is 0.312 e. The summed E-state index contributed by atoms with van der Waals surface area (Å²) in [6, 6.07) is 0. The van der Waals surface area contributed by atoms with Gasteiger partial charge in [-0.25, -0.2) is 4.98 Å². The number of aromatic nitrogens is 1. The normalized spacial score (nSPS) is 12.4. The molecule has 110 valence electrons. The lowest BCUT2D eigenvalue weighted by Gasteiger charge is -2.08. The number of hydrogen-bond donors (Lipinski definition) is 1. The average molecular weight is 312 g/mol. The number of rotatable bonds is 7. The second-order valence-electron chi connectivity index (χ2n) is 4.54. The van der Waals surface area contributed by atoms with Crippen molar-refractivity contribution in [3.8, 4) is 0 Å². The molecule has 1 aromatic rings. The van der Waals surface area contributed by atoms with Crippen LogP contribution in [0.5, 0.6) is 0 Å². The zero-order chi connectivity index (χ0) is 14.5. The molecule has 1 aromatic heterocycles. The van der Waals surface area contributed by atoms with Crippen LogP contribution in [-0.2, 0) is 18.5 Å². The Morgan fingerprint density at radius 3 is 2.58 bits per heavy atom. The molecule has 0 aromatic carbocycles. The molecule has 0 aliphatic heterocycles. The van der Waals surface area contributed by atoms with Crippen LogP contribution in [0.2, 0.25) is 0 Å². The van der Waals surface area contributed by atoms with Crippen molar-refractivity contribution in [2.45, 2.75) is 39.2 Å². The SMILES string of the molecule is CCSCc1nc(C(F)(F)F)c(CNCC(C)C)s1. The molecule has 0 saturated carbocycles. The lowest BCUT2D eigenvalue weighted by molar-refractivity contribution is -0.141. The molecular formula is C12H19F3N2S2. The maximum Gasteiger partial charge on any atom is 0.434 e. The molecule has 0 saturated heterocycles. The van der Waals surface area contributed by atoms with E-state index < -0.39 is 11.9 Å². The summed E-state index contributed by atoms with van der Waals surface area (Å²) in [5.41, 5.74) is -0.722. The summed E-state index contributed by atoms with van der Waals surface area (Å²) in [7, 11) is 0. The molecule has 7 heteroatoms. The van der Waals surface area contributed by atoms with Crippen molar-refractivity contribution in [2.24, 2.45) is 5.92 Å². The van der Waals surface area contributed by atoms with E-state index in [1.807, 2.05) is 20.8 Å². The van der Waals surface area contributed by atoms with Gasteiger partial charge in [-0.05, 0) is 18.2 Å². The molecule has 0 aliphatic rings. The Kier molecular flexibility index (Phi) is 6.62. The summed E-state index contributed by atoms with van der Waals surface area (Å²) in [4.78, 5) is 4.04. The Balaban J connectivity index is 2.78. The Hall–Kier alpha value is -0.270. The standard InChI is InChI=1S/C12H19F3N2S2/c1-4-18-7-10-17-11(12(13,14)15)9(19-10)6-16-5-8(2)3/h8,16H,4-7H2,1-3H3. The first kappa shape index (κ1) is 16.8. The molecule has 0 unspecified atom stereocenters. The third-order valence-corrected chi connectivity index (χ3v) is 4.40. The fourth-order valence-electron chi connectivity index (χ4n) is 1.47. The van der Waals surface area contributed by atoms with Crippen molar-refractivity contribution in [1.29, 1.82) is 0 Å². The summed E-state index contributed by atoms with van der Waals surface area (Å²) in [5, 5.41) is 3.60. The Labute approximate surface area is 120 Å². The van der Waals surface area contributed by atoms with Gasteiger partial charge in [-0.1, -0.05) is 20.8 Å². The first-order valence-corrected chi connectivity index (χ1v) is 8.16. The highest BCUT2D eigenvalue weighted by atomic mass is 32.2. The van der Waals surface area contributed by atoms with Crippen LogP contribution >= 0.6 is 23.1 Å². The topological polar surface area (TPSA) is 24.9 Å². The molecule has 19 heavy (non-hydrogen) atoms. The Morgan fingerprint density at radius 2 is 2.05 bits per heavy atom. The Bertz CT molecular complexity index is 389. The lowest BCUT2D eigenvalue weighted by atomic mass is 10.2. The van der Waals surface area contributed by atoms with Gasteiger partial charge in [0.2, 0.25) is 0 Å². The highest BCUT2D eigenvalue weighted by Crippen LogP contribution is 2.35. The van der Waals surface area contributed by atoms with Crippen LogP contribution in [0.1, 0.15) is 36.3 Å². The van der Waals surface area contributed by atoms with E-state index in [1.54, 1.807) is 11.8 Å². The van der Waals surface area contributed by atoms with Crippen LogP contribution in [-0.4, -0.2) is 17.3 Å². The fourth-order valence-corrected chi connectivity index (χ4v) is 3.25. The molecule has 0 spiro atoms. The quantitative estimate of drug-likeness (QED) is 0.818. The zero-order valence-corrected chi connectivity index (χ0v) is 12.9. The third-order valence-electron chi connectivity index (χ3n) is 2.28. The van der Waals surface area contributed by atoms with Crippen LogP contribution in [0.4, 0.5) is 13.2 Å². The molecule has 0 bridgehead atoms. The van der Waals surface area contributed by atoms with Crippen LogP contribution in [0.3, 0.4) is 0 Å². The first-order valence-electron chi connectivity index (χ1n) is 6.18. The van der Waals surface area contributed by atoms with Crippen molar-refractivity contribution >= 4 is 23.1 Å². The number of halogens is 3. The molecule has 1 rings (SSSR count). The molecule has 2 nitrogen and oxygen atoms in total. The number of nitrogens with zero attached hydrogens (tertiary/aromatic N) is 1. The monoisotopic (exact) mass is 312 g/mol. The fraction of sp³-hybridized carbons (Fsp3) is 0.750. The molecular weight excluding hydrogens is 293 g/mol. The van der Waals surface area contributed by atoms with E-state index in [0.29, 0.717) is 28.1 Å². The number of alkyl halides is 3. The zero-order valence-electron chi connectivity index (χ0n) is 11.3. The minimum Gasteiger partial charge on any atom is -0.312 e. The van der Waals surface area contributed by atoms with E-state index in [4.69, 9.17) is 0 Å². The van der Waals surface area contributed by atoms with Gasteiger partial charge in [0.15, 0.2) is 5.69 Å². The summed E-state index contributed by atoms with van der Waals surface area (Å²) in [6.45, 7) is 6.96.